The molecule has 0 saturated carbocycles. The topological polar surface area (TPSA) is 49.8 Å². The fraction of sp³-hybridized carbons (Fsp3) is 0.542. The van der Waals surface area contributed by atoms with Crippen LogP contribution in [-0.2, 0) is 9.53 Å². The van der Waals surface area contributed by atoms with Gasteiger partial charge in [-0.05, 0) is 55.6 Å². The second-order valence-electron chi connectivity index (χ2n) is 7.99. The van der Waals surface area contributed by atoms with Crippen molar-refractivity contribution in [3.8, 4) is 0 Å². The molecule has 0 amide bonds. The maximum absolute atomic E-state index is 13.1. The summed E-state index contributed by atoms with van der Waals surface area (Å²) in [5.41, 5.74) is -0.756. The molecule has 3 rings (SSSR count). The molecule has 3 unspecified atom stereocenters. The molecular weight excluding hydrogens is 350 g/mol. The molecular formula is C24H33NO3. The van der Waals surface area contributed by atoms with Crippen LogP contribution in [0.2, 0.25) is 0 Å². The summed E-state index contributed by atoms with van der Waals surface area (Å²) in [7, 11) is 0. The van der Waals surface area contributed by atoms with E-state index in [1.165, 1.54) is 5.39 Å². The average molecular weight is 384 g/mol. The maximum atomic E-state index is 13.1. The van der Waals surface area contributed by atoms with Crippen molar-refractivity contribution < 1.29 is 14.6 Å². The first-order chi connectivity index (χ1) is 13.4. The van der Waals surface area contributed by atoms with Gasteiger partial charge in [-0.15, -0.1) is 0 Å². The van der Waals surface area contributed by atoms with Gasteiger partial charge in [-0.1, -0.05) is 63.2 Å². The molecule has 1 heterocycles. The highest BCUT2D eigenvalue weighted by Crippen LogP contribution is 2.49. The highest BCUT2D eigenvalue weighted by atomic mass is 16.5. The molecule has 1 aliphatic heterocycles. The van der Waals surface area contributed by atoms with E-state index in [0.717, 1.165) is 30.2 Å². The molecule has 28 heavy (non-hydrogen) atoms. The highest BCUT2D eigenvalue weighted by Gasteiger charge is 2.63. The van der Waals surface area contributed by atoms with Crippen LogP contribution in [0.4, 0.5) is 0 Å². The lowest BCUT2D eigenvalue weighted by Gasteiger charge is -2.53. The summed E-state index contributed by atoms with van der Waals surface area (Å²) in [5.74, 6) is -0.946. The van der Waals surface area contributed by atoms with E-state index in [1.807, 2.05) is 32.9 Å². The molecule has 1 fully saturated rings. The summed E-state index contributed by atoms with van der Waals surface area (Å²) >= 11 is 0. The number of carboxylic acid groups (broad SMARTS) is 1. The molecule has 1 saturated heterocycles. The number of benzene rings is 2. The Morgan fingerprint density at radius 2 is 1.86 bits per heavy atom. The number of hydrogen-bond donors (Lipinski definition) is 1. The number of rotatable bonds is 8. The smallest absolute Gasteiger partial charge is 0.327 e. The lowest BCUT2D eigenvalue weighted by atomic mass is 9.65. The zero-order chi connectivity index (χ0) is 20.4. The van der Waals surface area contributed by atoms with Crippen LogP contribution >= 0.6 is 0 Å². The van der Waals surface area contributed by atoms with Crippen molar-refractivity contribution in [2.24, 2.45) is 0 Å². The summed E-state index contributed by atoms with van der Waals surface area (Å²) in [6, 6.07) is 14.6. The molecule has 152 valence electrons. The molecule has 3 atom stereocenters. The minimum atomic E-state index is -1.11. The van der Waals surface area contributed by atoms with Crippen LogP contribution in [0.3, 0.4) is 0 Å². The van der Waals surface area contributed by atoms with Gasteiger partial charge in [-0.3, -0.25) is 9.69 Å². The third kappa shape index (κ3) is 3.13. The lowest BCUT2D eigenvalue weighted by Crippen LogP contribution is -2.70. The van der Waals surface area contributed by atoms with Crippen molar-refractivity contribution in [3.63, 3.8) is 0 Å². The van der Waals surface area contributed by atoms with E-state index < -0.39 is 17.1 Å². The summed E-state index contributed by atoms with van der Waals surface area (Å²) < 4.78 is 6.22. The van der Waals surface area contributed by atoms with E-state index in [4.69, 9.17) is 4.74 Å². The summed E-state index contributed by atoms with van der Waals surface area (Å²) in [6.07, 6.45) is 2.40. The standard InChI is InChI=1S/C24H33NO3/c1-5-21(20-14-13-18-11-8-9-12-19(18)17-20)24(22(26)27,25(6-2)7-3)23(4)15-10-16-28-23/h8-9,11-14,17,21H,5-7,10,15-16H2,1-4H3,(H,26,27). The molecule has 1 aliphatic rings. The largest absolute Gasteiger partial charge is 0.480 e. The van der Waals surface area contributed by atoms with Crippen LogP contribution in [0.5, 0.6) is 0 Å². The molecule has 2 aromatic carbocycles. The van der Waals surface area contributed by atoms with Gasteiger partial charge in [0.1, 0.15) is 0 Å². The van der Waals surface area contributed by atoms with Gasteiger partial charge in [-0.2, -0.15) is 0 Å². The summed E-state index contributed by atoms with van der Waals surface area (Å²) in [4.78, 5) is 15.2. The summed E-state index contributed by atoms with van der Waals surface area (Å²) in [6.45, 7) is 10.2. The van der Waals surface area contributed by atoms with E-state index in [2.05, 4.69) is 42.2 Å². The Balaban J connectivity index is 2.24. The van der Waals surface area contributed by atoms with Crippen molar-refractivity contribution >= 4 is 16.7 Å². The quantitative estimate of drug-likeness (QED) is 0.692. The van der Waals surface area contributed by atoms with E-state index >= 15 is 0 Å². The second-order valence-corrected chi connectivity index (χ2v) is 7.99. The van der Waals surface area contributed by atoms with Gasteiger partial charge >= 0.3 is 5.97 Å². The van der Waals surface area contributed by atoms with Crippen LogP contribution < -0.4 is 0 Å². The molecule has 0 aliphatic carbocycles. The monoisotopic (exact) mass is 383 g/mol. The van der Waals surface area contributed by atoms with Gasteiger partial charge in [0.05, 0.1) is 5.60 Å². The number of hydrogen-bond acceptors (Lipinski definition) is 3. The van der Waals surface area contributed by atoms with Crippen molar-refractivity contribution in [1.29, 1.82) is 0 Å². The fourth-order valence-corrected chi connectivity index (χ4v) is 5.43. The number of aliphatic carboxylic acids is 1. The lowest BCUT2D eigenvalue weighted by molar-refractivity contribution is -0.180. The number of ether oxygens (including phenoxy) is 1. The zero-order valence-electron chi connectivity index (χ0n) is 17.6. The Kier molecular flexibility index (Phi) is 6.11. The maximum Gasteiger partial charge on any atom is 0.327 e. The SMILES string of the molecule is CCC(c1ccc2ccccc2c1)C(C(=O)O)(N(CC)CC)C1(C)CCCO1. The van der Waals surface area contributed by atoms with E-state index in [-0.39, 0.29) is 5.92 Å². The molecule has 2 aromatic rings. The normalized spacial score (nSPS) is 23.0. The third-order valence-corrected chi connectivity index (χ3v) is 6.70. The second kappa shape index (κ2) is 8.22. The number of nitrogens with zero attached hydrogens (tertiary/aromatic N) is 1. The minimum absolute atomic E-state index is 0.169. The van der Waals surface area contributed by atoms with Crippen molar-refractivity contribution in [1.82, 2.24) is 4.90 Å². The predicted molar refractivity (Wildman–Crippen MR) is 114 cm³/mol. The van der Waals surface area contributed by atoms with Crippen LogP contribution in [-0.4, -0.2) is 46.8 Å². The number of carbonyl (C=O) groups is 1. The predicted octanol–water partition coefficient (Wildman–Crippen LogP) is 5.07. The Bertz CT molecular complexity index is 823. The number of likely N-dealkylation sites (N-methyl/N-ethyl adjacent to an activating group) is 1. The summed E-state index contributed by atoms with van der Waals surface area (Å²) in [5, 5.41) is 13.1. The molecule has 4 nitrogen and oxygen atoms in total. The van der Waals surface area contributed by atoms with Gasteiger partial charge in [0.25, 0.3) is 0 Å². The Morgan fingerprint density at radius 3 is 2.39 bits per heavy atom. The van der Waals surface area contributed by atoms with Crippen LogP contribution in [0.25, 0.3) is 10.8 Å². The Morgan fingerprint density at radius 1 is 1.18 bits per heavy atom. The van der Waals surface area contributed by atoms with E-state index in [0.29, 0.717) is 19.7 Å². The van der Waals surface area contributed by atoms with E-state index in [1.54, 1.807) is 0 Å². The molecule has 0 bridgehead atoms. The van der Waals surface area contributed by atoms with E-state index in [9.17, 15) is 9.90 Å². The van der Waals surface area contributed by atoms with Gasteiger partial charge in [0.15, 0.2) is 5.54 Å². The molecule has 1 N–H and O–H groups in total. The van der Waals surface area contributed by atoms with Crippen molar-refractivity contribution in [2.45, 2.75) is 64.0 Å². The first-order valence-corrected chi connectivity index (χ1v) is 10.6. The fourth-order valence-electron chi connectivity index (χ4n) is 5.43. The number of carboxylic acids is 1. The van der Waals surface area contributed by atoms with Gasteiger partial charge in [-0.25, -0.2) is 0 Å². The Hall–Kier alpha value is -1.91. The average Bonchev–Trinajstić information content (AvgIpc) is 3.15. The van der Waals surface area contributed by atoms with Crippen molar-refractivity contribution in [2.75, 3.05) is 19.7 Å². The molecule has 0 spiro atoms. The van der Waals surface area contributed by atoms with Gasteiger partial charge < -0.3 is 9.84 Å². The molecule has 0 aromatic heterocycles. The third-order valence-electron chi connectivity index (χ3n) is 6.70. The highest BCUT2D eigenvalue weighted by molar-refractivity contribution is 5.85. The number of fused-ring (bicyclic) bond motifs is 1. The van der Waals surface area contributed by atoms with Crippen LogP contribution in [0, 0.1) is 0 Å². The Labute approximate surface area is 168 Å². The zero-order valence-corrected chi connectivity index (χ0v) is 17.6. The van der Waals surface area contributed by atoms with Gasteiger partial charge in [0.2, 0.25) is 0 Å². The molecule has 4 heteroatoms. The first kappa shape index (κ1) is 20.8. The van der Waals surface area contributed by atoms with Crippen molar-refractivity contribution in [3.05, 3.63) is 48.0 Å². The molecule has 0 radical (unpaired) electrons. The van der Waals surface area contributed by atoms with Gasteiger partial charge in [0, 0.05) is 12.5 Å². The minimum Gasteiger partial charge on any atom is -0.480 e. The van der Waals surface area contributed by atoms with Crippen LogP contribution in [0.15, 0.2) is 42.5 Å². The first-order valence-electron chi connectivity index (χ1n) is 10.6. The van der Waals surface area contributed by atoms with Crippen LogP contribution in [0.1, 0.15) is 58.4 Å².